The number of benzene rings is 3. The van der Waals surface area contributed by atoms with Crippen molar-refractivity contribution in [1.29, 1.82) is 0 Å². The number of hydrogen-bond donors (Lipinski definition) is 1. The van der Waals surface area contributed by atoms with Crippen LogP contribution in [0.25, 0.3) is 0 Å². The maximum Gasteiger partial charge on any atom is 0.258 e. The van der Waals surface area contributed by atoms with Gasteiger partial charge in [-0.25, -0.2) is 0 Å². The minimum atomic E-state index is -0.417. The van der Waals surface area contributed by atoms with Gasteiger partial charge < -0.3 is 24.1 Å². The van der Waals surface area contributed by atoms with Gasteiger partial charge in [-0.3, -0.25) is 4.79 Å². The highest BCUT2D eigenvalue weighted by atomic mass is 35.5. The molecular formula is C28H25ClN2O4. The molecule has 0 unspecified atom stereocenters. The van der Waals surface area contributed by atoms with E-state index in [1.54, 1.807) is 11.2 Å². The lowest BCUT2D eigenvalue weighted by molar-refractivity contribution is 0.0651. The third-order valence-corrected chi connectivity index (χ3v) is 6.22. The van der Waals surface area contributed by atoms with Gasteiger partial charge in [-0.15, -0.1) is 0 Å². The number of carbonyl (C=O) groups is 1. The third-order valence-electron chi connectivity index (χ3n) is 5.85. The number of anilines is 1. The number of nitrogens with one attached hydrogen (secondary N) is 1. The van der Waals surface area contributed by atoms with Gasteiger partial charge in [0.15, 0.2) is 11.5 Å². The number of rotatable bonds is 8. The highest BCUT2D eigenvalue weighted by Crippen LogP contribution is 2.38. The van der Waals surface area contributed by atoms with Crippen molar-refractivity contribution in [3.63, 3.8) is 0 Å². The van der Waals surface area contributed by atoms with Crippen molar-refractivity contribution in [2.24, 2.45) is 0 Å². The Morgan fingerprint density at radius 3 is 2.60 bits per heavy atom. The van der Waals surface area contributed by atoms with Crippen LogP contribution < -0.4 is 14.8 Å². The number of carbonyl (C=O) groups excluding carboxylic acids is 1. The number of hydrogen-bond acceptors (Lipinski definition) is 5. The van der Waals surface area contributed by atoms with Crippen LogP contribution in [0.5, 0.6) is 11.5 Å². The highest BCUT2D eigenvalue weighted by Gasteiger charge is 2.33. The molecule has 1 amide bonds. The molecule has 0 spiro atoms. The zero-order valence-corrected chi connectivity index (χ0v) is 20.0. The van der Waals surface area contributed by atoms with Crippen molar-refractivity contribution in [3.8, 4) is 11.5 Å². The molecule has 178 valence electrons. The summed E-state index contributed by atoms with van der Waals surface area (Å²) in [5.41, 5.74) is 3.17. The van der Waals surface area contributed by atoms with Crippen LogP contribution in [0.1, 0.15) is 40.3 Å². The second-order valence-corrected chi connectivity index (χ2v) is 8.53. The topological polar surface area (TPSA) is 63.9 Å². The Morgan fingerprint density at radius 1 is 0.971 bits per heavy atom. The fourth-order valence-electron chi connectivity index (χ4n) is 4.14. The van der Waals surface area contributed by atoms with Crippen LogP contribution in [0, 0.1) is 0 Å². The predicted octanol–water partition coefficient (Wildman–Crippen LogP) is 6.68. The van der Waals surface area contributed by atoms with E-state index in [1.807, 2.05) is 85.8 Å². The van der Waals surface area contributed by atoms with Gasteiger partial charge in [0.05, 0.1) is 25.0 Å². The minimum Gasteiger partial charge on any atom is -0.490 e. The van der Waals surface area contributed by atoms with Crippen LogP contribution in [0.4, 0.5) is 5.69 Å². The molecule has 0 fully saturated rings. The smallest absolute Gasteiger partial charge is 0.258 e. The Kier molecular flexibility index (Phi) is 6.64. The zero-order valence-electron chi connectivity index (χ0n) is 19.2. The van der Waals surface area contributed by atoms with Gasteiger partial charge >= 0.3 is 0 Å². The number of fused-ring (bicyclic) bond motifs is 1. The molecule has 0 aliphatic carbocycles. The SMILES string of the molecule is CCOc1cc([C@@H]2Nc3ccccc3C(=O)N2Cc2ccco2)ccc1OCc1ccccc1Cl. The third kappa shape index (κ3) is 4.84. The van der Waals surface area contributed by atoms with Crippen LogP contribution in [0.2, 0.25) is 5.02 Å². The molecule has 35 heavy (non-hydrogen) atoms. The van der Waals surface area contributed by atoms with E-state index >= 15 is 0 Å². The molecule has 2 heterocycles. The number of ether oxygens (including phenoxy) is 2. The first kappa shape index (κ1) is 22.9. The lowest BCUT2D eigenvalue weighted by atomic mass is 10.0. The summed E-state index contributed by atoms with van der Waals surface area (Å²) in [6.07, 6.45) is 1.19. The summed E-state index contributed by atoms with van der Waals surface area (Å²) < 4.78 is 17.5. The van der Waals surface area contributed by atoms with E-state index in [1.165, 1.54) is 0 Å². The predicted molar refractivity (Wildman–Crippen MR) is 135 cm³/mol. The van der Waals surface area contributed by atoms with Gasteiger partial charge in [0.2, 0.25) is 0 Å². The zero-order chi connectivity index (χ0) is 24.2. The molecule has 7 heteroatoms. The molecule has 1 aliphatic heterocycles. The lowest BCUT2D eigenvalue weighted by Gasteiger charge is -2.38. The number of amides is 1. The van der Waals surface area contributed by atoms with E-state index < -0.39 is 6.17 Å². The Hall–Kier alpha value is -3.90. The fraction of sp³-hybridized carbons (Fsp3) is 0.179. The van der Waals surface area contributed by atoms with Crippen molar-refractivity contribution in [3.05, 3.63) is 113 Å². The first-order chi connectivity index (χ1) is 17.1. The Morgan fingerprint density at radius 2 is 1.80 bits per heavy atom. The first-order valence-electron chi connectivity index (χ1n) is 11.5. The van der Waals surface area contributed by atoms with E-state index in [-0.39, 0.29) is 5.91 Å². The molecule has 1 atom stereocenters. The van der Waals surface area contributed by atoms with Crippen molar-refractivity contribution in [2.75, 3.05) is 11.9 Å². The van der Waals surface area contributed by atoms with Gasteiger partial charge in [-0.05, 0) is 55.0 Å². The van der Waals surface area contributed by atoms with Gasteiger partial charge in [-0.2, -0.15) is 0 Å². The van der Waals surface area contributed by atoms with Crippen LogP contribution in [-0.2, 0) is 13.2 Å². The summed E-state index contributed by atoms with van der Waals surface area (Å²) in [6, 6.07) is 24.5. The summed E-state index contributed by atoms with van der Waals surface area (Å²) in [5.74, 6) is 1.84. The van der Waals surface area contributed by atoms with Gasteiger partial charge in [0.25, 0.3) is 5.91 Å². The molecule has 0 saturated carbocycles. The second kappa shape index (κ2) is 10.2. The average molecular weight is 489 g/mol. The molecule has 6 nitrogen and oxygen atoms in total. The van der Waals surface area contributed by atoms with Crippen LogP contribution in [0.15, 0.2) is 89.5 Å². The van der Waals surface area contributed by atoms with E-state index in [0.717, 1.165) is 16.8 Å². The van der Waals surface area contributed by atoms with E-state index in [9.17, 15) is 4.79 Å². The van der Waals surface area contributed by atoms with E-state index in [2.05, 4.69) is 5.32 Å². The number of furan rings is 1. The van der Waals surface area contributed by atoms with Gasteiger partial charge in [0.1, 0.15) is 18.5 Å². The molecule has 0 bridgehead atoms. The number of halogens is 1. The van der Waals surface area contributed by atoms with Crippen molar-refractivity contribution < 1.29 is 18.7 Å². The summed E-state index contributed by atoms with van der Waals surface area (Å²) in [5, 5.41) is 4.16. The average Bonchev–Trinajstić information content (AvgIpc) is 3.39. The maximum atomic E-state index is 13.5. The van der Waals surface area contributed by atoms with Crippen LogP contribution in [-0.4, -0.2) is 17.4 Å². The molecular weight excluding hydrogens is 464 g/mol. The standard InChI is InChI=1S/C28H25ClN2O4/c1-2-33-26-16-19(13-14-25(26)35-18-20-8-3-5-11-23(20)29)27-30-24-12-6-4-10-22(24)28(32)31(27)17-21-9-7-15-34-21/h3-16,27,30H,2,17-18H2,1H3/t27-/m1/s1. The van der Waals surface area contributed by atoms with E-state index in [4.69, 9.17) is 25.5 Å². The first-order valence-corrected chi connectivity index (χ1v) is 11.8. The van der Waals surface area contributed by atoms with Crippen LogP contribution in [0.3, 0.4) is 0 Å². The fourth-order valence-corrected chi connectivity index (χ4v) is 4.33. The van der Waals surface area contributed by atoms with Gasteiger partial charge in [-0.1, -0.05) is 48.0 Å². The molecule has 1 aromatic heterocycles. The van der Waals surface area contributed by atoms with Crippen molar-refractivity contribution >= 4 is 23.2 Å². The van der Waals surface area contributed by atoms with Gasteiger partial charge in [0, 0.05) is 16.3 Å². The largest absolute Gasteiger partial charge is 0.490 e. The van der Waals surface area contributed by atoms with Crippen molar-refractivity contribution in [1.82, 2.24) is 4.90 Å². The summed E-state index contributed by atoms with van der Waals surface area (Å²) in [6.45, 7) is 3.04. The normalized spacial score (nSPS) is 14.9. The van der Waals surface area contributed by atoms with Crippen molar-refractivity contribution in [2.45, 2.75) is 26.2 Å². The minimum absolute atomic E-state index is 0.0715. The Bertz CT molecular complexity index is 1320. The Balaban J connectivity index is 1.47. The quantitative estimate of drug-likeness (QED) is 0.300. The molecule has 1 N–H and O–H groups in total. The monoisotopic (exact) mass is 488 g/mol. The molecule has 1 aliphatic rings. The molecule has 4 aromatic rings. The van der Waals surface area contributed by atoms with E-state index in [0.29, 0.717) is 47.6 Å². The summed E-state index contributed by atoms with van der Waals surface area (Å²) >= 11 is 6.28. The highest BCUT2D eigenvalue weighted by molar-refractivity contribution is 6.31. The number of nitrogens with zero attached hydrogens (tertiary/aromatic N) is 1. The molecule has 0 saturated heterocycles. The summed E-state index contributed by atoms with van der Waals surface area (Å²) in [7, 11) is 0. The molecule has 0 radical (unpaired) electrons. The second-order valence-electron chi connectivity index (χ2n) is 8.12. The lowest BCUT2D eigenvalue weighted by Crippen LogP contribution is -2.42. The molecule has 5 rings (SSSR count). The summed E-state index contributed by atoms with van der Waals surface area (Å²) in [4.78, 5) is 15.2. The molecule has 3 aromatic carbocycles. The maximum absolute atomic E-state index is 13.5. The Labute approximate surface area is 209 Å². The van der Waals surface area contributed by atoms with Crippen LogP contribution >= 0.6 is 11.6 Å². The number of para-hydroxylation sites is 1.